The highest BCUT2D eigenvalue weighted by Gasteiger charge is 2.15. The van der Waals surface area contributed by atoms with Crippen LogP contribution in [0.3, 0.4) is 0 Å². The van der Waals surface area contributed by atoms with Crippen LogP contribution >= 0.6 is 0 Å². The standard InChI is InChI=1S/C12H16N4O/c1-4-14-9(3)12-15-11(16-17-12)10-5-6-13-7-8(10)2/h5-7,9,14H,4H2,1-3H3. The van der Waals surface area contributed by atoms with E-state index in [1.54, 1.807) is 12.4 Å². The molecule has 1 atom stereocenters. The zero-order chi connectivity index (χ0) is 12.3. The first-order valence-corrected chi connectivity index (χ1v) is 5.70. The Balaban J connectivity index is 2.27. The molecule has 0 aliphatic heterocycles. The van der Waals surface area contributed by atoms with E-state index in [1.165, 1.54) is 0 Å². The minimum Gasteiger partial charge on any atom is -0.337 e. The summed E-state index contributed by atoms with van der Waals surface area (Å²) in [6.07, 6.45) is 3.52. The number of aryl methyl sites for hydroxylation is 1. The number of aromatic nitrogens is 3. The number of nitrogens with one attached hydrogen (secondary N) is 1. The Hall–Kier alpha value is -1.75. The van der Waals surface area contributed by atoms with Gasteiger partial charge in [-0.05, 0) is 32.0 Å². The highest BCUT2D eigenvalue weighted by molar-refractivity contribution is 5.57. The maximum Gasteiger partial charge on any atom is 0.243 e. The van der Waals surface area contributed by atoms with Gasteiger partial charge in [0.1, 0.15) is 0 Å². The van der Waals surface area contributed by atoms with E-state index < -0.39 is 0 Å². The van der Waals surface area contributed by atoms with E-state index in [0.29, 0.717) is 11.7 Å². The van der Waals surface area contributed by atoms with Crippen molar-refractivity contribution in [3.05, 3.63) is 29.9 Å². The SMILES string of the molecule is CCNC(C)c1nc(-c2ccncc2C)no1. The summed E-state index contributed by atoms with van der Waals surface area (Å²) in [4.78, 5) is 8.44. The molecule has 2 aromatic rings. The van der Waals surface area contributed by atoms with Crippen LogP contribution in [0, 0.1) is 6.92 Å². The molecule has 0 aliphatic carbocycles. The molecule has 0 saturated carbocycles. The molecule has 0 aromatic carbocycles. The maximum absolute atomic E-state index is 5.24. The predicted octanol–water partition coefficient (Wildman–Crippen LogP) is 2.11. The lowest BCUT2D eigenvalue weighted by molar-refractivity contribution is 0.342. The van der Waals surface area contributed by atoms with Gasteiger partial charge in [0.15, 0.2) is 0 Å². The van der Waals surface area contributed by atoms with E-state index in [-0.39, 0.29) is 6.04 Å². The largest absolute Gasteiger partial charge is 0.337 e. The number of nitrogens with zero attached hydrogens (tertiary/aromatic N) is 3. The van der Waals surface area contributed by atoms with E-state index in [2.05, 4.69) is 20.4 Å². The van der Waals surface area contributed by atoms with Gasteiger partial charge in [0.2, 0.25) is 11.7 Å². The van der Waals surface area contributed by atoms with Crippen LogP contribution in [0.4, 0.5) is 0 Å². The molecule has 1 N–H and O–H groups in total. The molecule has 90 valence electrons. The smallest absolute Gasteiger partial charge is 0.243 e. The Labute approximate surface area is 100 Å². The molecule has 0 radical (unpaired) electrons. The summed E-state index contributed by atoms with van der Waals surface area (Å²) >= 11 is 0. The summed E-state index contributed by atoms with van der Waals surface area (Å²) in [5, 5.41) is 7.23. The van der Waals surface area contributed by atoms with Gasteiger partial charge in [-0.15, -0.1) is 0 Å². The quantitative estimate of drug-likeness (QED) is 0.874. The fourth-order valence-corrected chi connectivity index (χ4v) is 1.64. The molecule has 0 amide bonds. The van der Waals surface area contributed by atoms with Crippen molar-refractivity contribution in [1.82, 2.24) is 20.4 Å². The highest BCUT2D eigenvalue weighted by atomic mass is 16.5. The van der Waals surface area contributed by atoms with Crippen LogP contribution in [0.5, 0.6) is 0 Å². The minimum absolute atomic E-state index is 0.0726. The summed E-state index contributed by atoms with van der Waals surface area (Å²) in [6.45, 7) is 6.89. The monoisotopic (exact) mass is 232 g/mol. The number of hydrogen-bond donors (Lipinski definition) is 1. The molecular formula is C12H16N4O. The molecular weight excluding hydrogens is 216 g/mol. The Morgan fingerprint density at radius 2 is 2.29 bits per heavy atom. The number of rotatable bonds is 4. The molecule has 2 heterocycles. The second-order valence-corrected chi connectivity index (χ2v) is 3.93. The van der Waals surface area contributed by atoms with Crippen molar-refractivity contribution in [2.24, 2.45) is 0 Å². The molecule has 0 fully saturated rings. The zero-order valence-electron chi connectivity index (χ0n) is 10.3. The van der Waals surface area contributed by atoms with Crippen LogP contribution in [0.1, 0.15) is 31.3 Å². The van der Waals surface area contributed by atoms with E-state index in [0.717, 1.165) is 17.7 Å². The van der Waals surface area contributed by atoms with Gasteiger partial charge in [0, 0.05) is 18.0 Å². The zero-order valence-corrected chi connectivity index (χ0v) is 10.3. The van der Waals surface area contributed by atoms with Gasteiger partial charge in [-0.1, -0.05) is 12.1 Å². The van der Waals surface area contributed by atoms with Gasteiger partial charge >= 0.3 is 0 Å². The average Bonchev–Trinajstić information content (AvgIpc) is 2.79. The Kier molecular flexibility index (Phi) is 3.49. The predicted molar refractivity (Wildman–Crippen MR) is 64.4 cm³/mol. The summed E-state index contributed by atoms with van der Waals surface area (Å²) in [5.74, 6) is 1.22. The maximum atomic E-state index is 5.24. The third-order valence-electron chi connectivity index (χ3n) is 2.58. The van der Waals surface area contributed by atoms with Gasteiger partial charge in [-0.25, -0.2) is 0 Å². The second kappa shape index (κ2) is 5.05. The van der Waals surface area contributed by atoms with E-state index in [9.17, 15) is 0 Å². The van der Waals surface area contributed by atoms with Crippen molar-refractivity contribution in [2.45, 2.75) is 26.8 Å². The molecule has 0 bridgehead atoms. The first kappa shape index (κ1) is 11.7. The topological polar surface area (TPSA) is 63.8 Å². The van der Waals surface area contributed by atoms with E-state index in [4.69, 9.17) is 4.52 Å². The van der Waals surface area contributed by atoms with Crippen LogP contribution in [-0.2, 0) is 0 Å². The van der Waals surface area contributed by atoms with Crippen molar-refractivity contribution in [2.75, 3.05) is 6.54 Å². The summed E-state index contributed by atoms with van der Waals surface area (Å²) in [7, 11) is 0. The van der Waals surface area contributed by atoms with Gasteiger partial charge < -0.3 is 9.84 Å². The van der Waals surface area contributed by atoms with Crippen LogP contribution in [0.25, 0.3) is 11.4 Å². The molecule has 1 unspecified atom stereocenters. The van der Waals surface area contributed by atoms with Crippen molar-refractivity contribution in [3.63, 3.8) is 0 Å². The van der Waals surface area contributed by atoms with Gasteiger partial charge in [-0.3, -0.25) is 4.98 Å². The lowest BCUT2D eigenvalue weighted by atomic mass is 10.1. The van der Waals surface area contributed by atoms with Crippen molar-refractivity contribution in [1.29, 1.82) is 0 Å². The van der Waals surface area contributed by atoms with E-state index in [1.807, 2.05) is 26.8 Å². The third-order valence-corrected chi connectivity index (χ3v) is 2.58. The van der Waals surface area contributed by atoms with Crippen LogP contribution in [0.2, 0.25) is 0 Å². The summed E-state index contributed by atoms with van der Waals surface area (Å²) in [6, 6.07) is 1.96. The Bertz CT molecular complexity index is 495. The molecule has 2 aromatic heterocycles. The lowest BCUT2D eigenvalue weighted by Crippen LogP contribution is -2.17. The van der Waals surface area contributed by atoms with Crippen molar-refractivity contribution >= 4 is 0 Å². The molecule has 0 aliphatic rings. The Morgan fingerprint density at radius 1 is 1.47 bits per heavy atom. The molecule has 17 heavy (non-hydrogen) atoms. The number of hydrogen-bond acceptors (Lipinski definition) is 5. The minimum atomic E-state index is 0.0726. The lowest BCUT2D eigenvalue weighted by Gasteiger charge is -2.05. The van der Waals surface area contributed by atoms with E-state index >= 15 is 0 Å². The van der Waals surface area contributed by atoms with Crippen LogP contribution in [-0.4, -0.2) is 21.7 Å². The Morgan fingerprint density at radius 3 is 3.00 bits per heavy atom. The third kappa shape index (κ3) is 2.50. The fourth-order valence-electron chi connectivity index (χ4n) is 1.64. The van der Waals surface area contributed by atoms with Gasteiger partial charge in [0.25, 0.3) is 0 Å². The van der Waals surface area contributed by atoms with Crippen LogP contribution in [0.15, 0.2) is 23.0 Å². The molecule has 0 saturated heterocycles. The second-order valence-electron chi connectivity index (χ2n) is 3.93. The fraction of sp³-hybridized carbons (Fsp3) is 0.417. The normalized spacial score (nSPS) is 12.6. The molecule has 5 nitrogen and oxygen atoms in total. The van der Waals surface area contributed by atoms with Crippen molar-refractivity contribution in [3.8, 4) is 11.4 Å². The summed E-state index contributed by atoms with van der Waals surface area (Å²) in [5.41, 5.74) is 2.00. The van der Waals surface area contributed by atoms with Gasteiger partial charge in [-0.2, -0.15) is 4.98 Å². The van der Waals surface area contributed by atoms with Crippen LogP contribution < -0.4 is 5.32 Å². The molecule has 2 rings (SSSR count). The molecule has 5 heteroatoms. The van der Waals surface area contributed by atoms with Crippen molar-refractivity contribution < 1.29 is 4.52 Å². The average molecular weight is 232 g/mol. The highest BCUT2D eigenvalue weighted by Crippen LogP contribution is 2.20. The first-order chi connectivity index (χ1) is 8.22. The summed E-state index contributed by atoms with van der Waals surface area (Å²) < 4.78 is 5.24. The van der Waals surface area contributed by atoms with Gasteiger partial charge in [0.05, 0.1) is 6.04 Å². The molecule has 0 spiro atoms. The number of pyridine rings is 1. The first-order valence-electron chi connectivity index (χ1n) is 5.70.